The van der Waals surface area contributed by atoms with Gasteiger partial charge in [-0.25, -0.2) is 13.1 Å². The topological polar surface area (TPSA) is 69.6 Å². The molecule has 2 aliphatic rings. The number of rotatable bonds is 4. The van der Waals surface area contributed by atoms with E-state index in [-0.39, 0.29) is 12.0 Å². The fraction of sp³-hybridized carbons (Fsp3) is 0.625. The third-order valence-electron chi connectivity index (χ3n) is 4.87. The van der Waals surface area contributed by atoms with Crippen LogP contribution >= 0.6 is 0 Å². The van der Waals surface area contributed by atoms with Crippen molar-refractivity contribution in [2.75, 3.05) is 25.0 Å². The van der Waals surface area contributed by atoms with Crippen LogP contribution in [0.1, 0.15) is 31.2 Å². The highest BCUT2D eigenvalue weighted by atomic mass is 32.2. The van der Waals surface area contributed by atoms with Gasteiger partial charge in [0.1, 0.15) is 0 Å². The first-order chi connectivity index (χ1) is 10.5. The minimum Gasteiger partial charge on any atom is -0.393 e. The minimum absolute atomic E-state index is 0.0371. The lowest BCUT2D eigenvalue weighted by atomic mass is 10.0. The molecule has 0 spiro atoms. The van der Waals surface area contributed by atoms with Crippen LogP contribution in [0.4, 0.5) is 5.69 Å². The summed E-state index contributed by atoms with van der Waals surface area (Å²) in [7, 11) is -1.52. The second kappa shape index (κ2) is 6.18. The van der Waals surface area contributed by atoms with Gasteiger partial charge in [-0.05, 0) is 49.3 Å². The molecule has 0 amide bonds. The first-order valence-electron chi connectivity index (χ1n) is 7.99. The molecule has 5 nitrogen and oxygen atoms in total. The summed E-state index contributed by atoms with van der Waals surface area (Å²) in [6.45, 7) is 1.27. The van der Waals surface area contributed by atoms with Gasteiger partial charge in [0.05, 0.1) is 11.0 Å². The van der Waals surface area contributed by atoms with Gasteiger partial charge < -0.3 is 10.0 Å². The van der Waals surface area contributed by atoms with Crippen molar-refractivity contribution >= 4 is 15.7 Å². The van der Waals surface area contributed by atoms with Crippen LogP contribution < -0.4 is 9.62 Å². The van der Waals surface area contributed by atoms with E-state index in [1.54, 1.807) is 12.1 Å². The Morgan fingerprint density at radius 1 is 1.32 bits per heavy atom. The van der Waals surface area contributed by atoms with Crippen LogP contribution in [0, 0.1) is 5.92 Å². The van der Waals surface area contributed by atoms with Crippen molar-refractivity contribution in [2.45, 2.75) is 43.1 Å². The molecule has 1 aliphatic heterocycles. The van der Waals surface area contributed by atoms with Crippen molar-refractivity contribution in [2.24, 2.45) is 5.92 Å². The van der Waals surface area contributed by atoms with Crippen LogP contribution in [-0.4, -0.2) is 39.8 Å². The predicted molar refractivity (Wildman–Crippen MR) is 86.6 cm³/mol. The van der Waals surface area contributed by atoms with Gasteiger partial charge in [0.15, 0.2) is 0 Å². The summed E-state index contributed by atoms with van der Waals surface area (Å²) >= 11 is 0. The van der Waals surface area contributed by atoms with Gasteiger partial charge in [-0.3, -0.25) is 0 Å². The second-order valence-electron chi connectivity index (χ2n) is 6.43. The van der Waals surface area contributed by atoms with Crippen LogP contribution in [0.15, 0.2) is 23.1 Å². The highest BCUT2D eigenvalue weighted by molar-refractivity contribution is 7.89. The SMILES string of the molecule is CN1CCCc2ccc(S(=O)(=O)NCC3CCCC3O)cc21. The van der Waals surface area contributed by atoms with Gasteiger partial charge in [-0.15, -0.1) is 0 Å². The number of aliphatic hydroxyl groups excluding tert-OH is 1. The molecule has 6 heteroatoms. The number of nitrogens with one attached hydrogen (secondary N) is 1. The lowest BCUT2D eigenvalue weighted by molar-refractivity contribution is 0.134. The van der Waals surface area contributed by atoms with Crippen molar-refractivity contribution in [3.8, 4) is 0 Å². The van der Waals surface area contributed by atoms with E-state index in [4.69, 9.17) is 0 Å². The van der Waals surface area contributed by atoms with Crippen LogP contribution in [0.2, 0.25) is 0 Å². The molecule has 0 bridgehead atoms. The fourth-order valence-electron chi connectivity index (χ4n) is 3.46. The maximum Gasteiger partial charge on any atom is 0.240 e. The number of hydrogen-bond acceptors (Lipinski definition) is 4. The van der Waals surface area contributed by atoms with E-state index >= 15 is 0 Å². The molecular weight excluding hydrogens is 300 g/mol. The van der Waals surface area contributed by atoms with E-state index in [0.717, 1.165) is 44.3 Å². The molecule has 2 atom stereocenters. The summed E-state index contributed by atoms with van der Waals surface area (Å²) < 4.78 is 27.6. The highest BCUT2D eigenvalue weighted by Gasteiger charge is 2.27. The zero-order valence-electron chi connectivity index (χ0n) is 13.0. The molecular formula is C16H24N2O3S. The normalized spacial score (nSPS) is 25.3. The molecule has 122 valence electrons. The van der Waals surface area contributed by atoms with Gasteiger partial charge in [-0.2, -0.15) is 0 Å². The summed E-state index contributed by atoms with van der Waals surface area (Å²) in [5.74, 6) is 0.0371. The maximum absolute atomic E-state index is 12.5. The largest absolute Gasteiger partial charge is 0.393 e. The molecule has 0 aromatic heterocycles. The lowest BCUT2D eigenvalue weighted by Crippen LogP contribution is -2.33. The van der Waals surface area contributed by atoms with Crippen molar-refractivity contribution in [1.82, 2.24) is 4.72 Å². The molecule has 0 saturated heterocycles. The van der Waals surface area contributed by atoms with Crippen LogP contribution in [-0.2, 0) is 16.4 Å². The zero-order chi connectivity index (χ0) is 15.7. The Kier molecular flexibility index (Phi) is 4.43. The first-order valence-corrected chi connectivity index (χ1v) is 9.47. The van der Waals surface area contributed by atoms with E-state index in [1.165, 1.54) is 5.56 Å². The molecule has 0 radical (unpaired) electrons. The predicted octanol–water partition coefficient (Wildman–Crippen LogP) is 1.51. The summed E-state index contributed by atoms with van der Waals surface area (Å²) in [5.41, 5.74) is 2.22. The monoisotopic (exact) mass is 324 g/mol. The lowest BCUT2D eigenvalue weighted by Gasteiger charge is -2.28. The summed E-state index contributed by atoms with van der Waals surface area (Å²) in [5, 5.41) is 9.81. The van der Waals surface area contributed by atoms with Crippen LogP contribution in [0.3, 0.4) is 0 Å². The molecule has 1 aliphatic carbocycles. The number of aryl methyl sites for hydroxylation is 1. The molecule has 22 heavy (non-hydrogen) atoms. The maximum atomic E-state index is 12.5. The Balaban J connectivity index is 1.76. The van der Waals surface area contributed by atoms with Crippen LogP contribution in [0.5, 0.6) is 0 Å². The van der Waals surface area contributed by atoms with Crippen molar-refractivity contribution in [1.29, 1.82) is 0 Å². The van der Waals surface area contributed by atoms with Gasteiger partial charge in [0, 0.05) is 25.8 Å². The Bertz CT molecular complexity index is 645. The average molecular weight is 324 g/mol. The standard InChI is InChI=1S/C16H24N2O3S/c1-18-9-3-5-12-7-8-14(10-15(12)18)22(20,21)17-11-13-4-2-6-16(13)19/h7-8,10,13,16-17,19H,2-6,9,11H2,1H3. The molecule has 3 rings (SSSR count). The van der Waals surface area contributed by atoms with Gasteiger partial charge in [-0.1, -0.05) is 12.5 Å². The second-order valence-corrected chi connectivity index (χ2v) is 8.19. The fourth-order valence-corrected chi connectivity index (χ4v) is 4.57. The van der Waals surface area contributed by atoms with Crippen molar-refractivity contribution in [3.05, 3.63) is 23.8 Å². The van der Waals surface area contributed by atoms with Gasteiger partial charge in [0.25, 0.3) is 0 Å². The third kappa shape index (κ3) is 3.14. The quantitative estimate of drug-likeness (QED) is 0.881. The molecule has 1 saturated carbocycles. The first kappa shape index (κ1) is 15.8. The number of nitrogens with zero attached hydrogens (tertiary/aromatic N) is 1. The Morgan fingerprint density at radius 2 is 2.14 bits per heavy atom. The summed E-state index contributed by atoms with van der Waals surface area (Å²) in [6, 6.07) is 5.37. The van der Waals surface area contributed by atoms with E-state index in [1.807, 2.05) is 13.1 Å². The van der Waals surface area contributed by atoms with E-state index < -0.39 is 10.0 Å². The number of benzene rings is 1. The average Bonchev–Trinajstić information content (AvgIpc) is 2.91. The molecule has 2 N–H and O–H groups in total. The Morgan fingerprint density at radius 3 is 2.86 bits per heavy atom. The van der Waals surface area contributed by atoms with Gasteiger partial charge in [0.2, 0.25) is 10.0 Å². The summed E-state index contributed by atoms with van der Waals surface area (Å²) in [6.07, 6.45) is 4.36. The Labute approximate surface area is 132 Å². The number of fused-ring (bicyclic) bond motifs is 1. The van der Waals surface area contributed by atoms with Crippen molar-refractivity contribution in [3.63, 3.8) is 0 Å². The van der Waals surface area contributed by atoms with Crippen molar-refractivity contribution < 1.29 is 13.5 Å². The molecule has 1 heterocycles. The van der Waals surface area contributed by atoms with E-state index in [2.05, 4.69) is 9.62 Å². The van der Waals surface area contributed by atoms with E-state index in [0.29, 0.717) is 11.4 Å². The minimum atomic E-state index is -3.52. The number of anilines is 1. The molecule has 1 fully saturated rings. The van der Waals surface area contributed by atoms with Crippen LogP contribution in [0.25, 0.3) is 0 Å². The third-order valence-corrected chi connectivity index (χ3v) is 6.29. The molecule has 1 aromatic rings. The highest BCUT2D eigenvalue weighted by Crippen LogP contribution is 2.29. The summed E-state index contributed by atoms with van der Waals surface area (Å²) in [4.78, 5) is 2.42. The number of sulfonamides is 1. The van der Waals surface area contributed by atoms with Gasteiger partial charge >= 0.3 is 0 Å². The smallest absolute Gasteiger partial charge is 0.240 e. The Hall–Kier alpha value is -1.11. The zero-order valence-corrected chi connectivity index (χ0v) is 13.8. The van der Waals surface area contributed by atoms with E-state index in [9.17, 15) is 13.5 Å². The molecule has 2 unspecified atom stereocenters. The molecule has 1 aromatic carbocycles. The number of hydrogen-bond donors (Lipinski definition) is 2. The number of aliphatic hydroxyl groups is 1.